The van der Waals surface area contributed by atoms with Crippen molar-refractivity contribution in [2.24, 2.45) is 10.8 Å². The number of rotatable bonds is 2. The third-order valence-electron chi connectivity index (χ3n) is 5.18. The predicted molar refractivity (Wildman–Crippen MR) is 107 cm³/mol. The summed E-state index contributed by atoms with van der Waals surface area (Å²) in [6, 6.07) is 15.9. The molecule has 0 fully saturated rings. The van der Waals surface area contributed by atoms with Gasteiger partial charge in [0.2, 0.25) is 0 Å². The normalized spacial score (nSPS) is 13.3. The second kappa shape index (κ2) is 5.65. The summed E-state index contributed by atoms with van der Waals surface area (Å²) in [5, 5.41) is 2.77. The molecule has 0 amide bonds. The molecule has 0 atom stereocenters. The molecule has 0 radical (unpaired) electrons. The summed E-state index contributed by atoms with van der Waals surface area (Å²) in [7, 11) is 0. The average Bonchev–Trinajstić information content (AvgIpc) is 2.77. The Balaban J connectivity index is 2.31. The molecule has 0 saturated heterocycles. The van der Waals surface area contributed by atoms with Gasteiger partial charge in [0.05, 0.1) is 0 Å². The molecule has 0 unspecified atom stereocenters. The van der Waals surface area contributed by atoms with Crippen molar-refractivity contribution in [3.8, 4) is 0 Å². The maximum Gasteiger partial charge on any atom is 0.0491 e. The molecule has 0 spiro atoms. The highest BCUT2D eigenvalue weighted by Gasteiger charge is 2.36. The van der Waals surface area contributed by atoms with E-state index < -0.39 is 0 Å². The lowest BCUT2D eigenvalue weighted by molar-refractivity contribution is 0.176. The molecule has 0 aliphatic carbocycles. The SMILES string of the molecule is CCn1c2ccccc2c2cc(C(C(C)(C)C)C(C)(C)C)ccc21. The van der Waals surface area contributed by atoms with Crippen LogP contribution in [0.5, 0.6) is 0 Å². The van der Waals surface area contributed by atoms with E-state index in [1.807, 2.05) is 0 Å². The molecule has 1 nitrogen and oxygen atoms in total. The van der Waals surface area contributed by atoms with Crippen LogP contribution in [0.4, 0.5) is 0 Å². The van der Waals surface area contributed by atoms with Gasteiger partial charge in [-0.15, -0.1) is 0 Å². The number of nitrogens with zero attached hydrogens (tertiary/aromatic N) is 1. The lowest BCUT2D eigenvalue weighted by atomic mass is 9.63. The second-order valence-electron chi connectivity index (χ2n) is 9.20. The number of fused-ring (bicyclic) bond motifs is 3. The lowest BCUT2D eigenvalue weighted by Gasteiger charge is -2.41. The molecule has 1 heterocycles. The highest BCUT2D eigenvalue weighted by atomic mass is 15.0. The molecule has 0 bridgehead atoms. The van der Waals surface area contributed by atoms with Crippen LogP contribution in [-0.2, 0) is 6.54 Å². The maximum absolute atomic E-state index is 2.45. The van der Waals surface area contributed by atoms with E-state index in [2.05, 4.69) is 95.5 Å². The first kappa shape index (κ1) is 17.1. The van der Waals surface area contributed by atoms with Crippen molar-refractivity contribution < 1.29 is 0 Å². The van der Waals surface area contributed by atoms with Crippen molar-refractivity contribution in [2.75, 3.05) is 0 Å². The van der Waals surface area contributed by atoms with Gasteiger partial charge in [-0.3, -0.25) is 0 Å². The molecule has 0 aliphatic rings. The van der Waals surface area contributed by atoms with Crippen LogP contribution in [0.2, 0.25) is 0 Å². The van der Waals surface area contributed by atoms with E-state index in [0.29, 0.717) is 5.92 Å². The number of para-hydroxylation sites is 1. The van der Waals surface area contributed by atoms with Gasteiger partial charge in [0.25, 0.3) is 0 Å². The molecular weight excluding hydrogens is 290 g/mol. The van der Waals surface area contributed by atoms with Crippen molar-refractivity contribution >= 4 is 21.8 Å². The van der Waals surface area contributed by atoms with E-state index in [-0.39, 0.29) is 10.8 Å². The van der Waals surface area contributed by atoms with E-state index >= 15 is 0 Å². The number of benzene rings is 2. The minimum atomic E-state index is 0.231. The zero-order valence-corrected chi connectivity index (χ0v) is 16.3. The fraction of sp³-hybridized carbons (Fsp3) is 0.478. The summed E-state index contributed by atoms with van der Waals surface area (Å²) in [6.45, 7) is 17.4. The highest BCUT2D eigenvalue weighted by molar-refractivity contribution is 6.08. The van der Waals surface area contributed by atoms with Gasteiger partial charge in [-0.05, 0) is 47.4 Å². The van der Waals surface area contributed by atoms with E-state index in [4.69, 9.17) is 0 Å². The van der Waals surface area contributed by atoms with Crippen LogP contribution in [0.3, 0.4) is 0 Å². The first-order valence-corrected chi connectivity index (χ1v) is 9.15. The largest absolute Gasteiger partial charge is 0.341 e. The summed E-state index contributed by atoms with van der Waals surface area (Å²) in [4.78, 5) is 0. The van der Waals surface area contributed by atoms with Crippen molar-refractivity contribution in [1.82, 2.24) is 4.57 Å². The van der Waals surface area contributed by atoms with Crippen LogP contribution >= 0.6 is 0 Å². The monoisotopic (exact) mass is 321 g/mol. The van der Waals surface area contributed by atoms with E-state index in [9.17, 15) is 0 Å². The minimum Gasteiger partial charge on any atom is -0.341 e. The molecule has 1 heteroatoms. The standard InChI is InChI=1S/C23H31N/c1-8-24-19-12-10-9-11-17(19)18-15-16(13-14-20(18)24)21(22(2,3)4)23(5,6)7/h9-15,21H,8H2,1-7H3. The number of hydrogen-bond acceptors (Lipinski definition) is 0. The molecular formula is C23H31N. The van der Waals surface area contributed by atoms with Crippen LogP contribution in [0.1, 0.15) is 59.9 Å². The summed E-state index contributed by atoms with van der Waals surface area (Å²) in [5.41, 5.74) is 4.62. The highest BCUT2D eigenvalue weighted by Crippen LogP contribution is 2.48. The quantitative estimate of drug-likeness (QED) is 0.479. The van der Waals surface area contributed by atoms with Crippen LogP contribution in [0, 0.1) is 10.8 Å². The fourth-order valence-electron chi connectivity index (χ4n) is 4.89. The Bertz CT molecular complexity index is 855. The smallest absolute Gasteiger partial charge is 0.0491 e. The molecule has 3 rings (SSSR count). The van der Waals surface area contributed by atoms with Gasteiger partial charge < -0.3 is 4.57 Å². The fourth-order valence-corrected chi connectivity index (χ4v) is 4.89. The summed E-state index contributed by atoms with van der Waals surface area (Å²) < 4.78 is 2.43. The predicted octanol–water partition coefficient (Wildman–Crippen LogP) is 6.99. The molecule has 0 saturated carbocycles. The van der Waals surface area contributed by atoms with Gasteiger partial charge in [0.15, 0.2) is 0 Å². The van der Waals surface area contributed by atoms with E-state index in [1.165, 1.54) is 27.4 Å². The topological polar surface area (TPSA) is 4.93 Å². The first-order valence-electron chi connectivity index (χ1n) is 9.15. The lowest BCUT2D eigenvalue weighted by Crippen LogP contribution is -2.30. The van der Waals surface area contributed by atoms with Gasteiger partial charge >= 0.3 is 0 Å². The zero-order valence-electron chi connectivity index (χ0n) is 16.3. The van der Waals surface area contributed by atoms with Gasteiger partial charge in [-0.25, -0.2) is 0 Å². The molecule has 1 aromatic heterocycles. The Hall–Kier alpha value is -1.76. The van der Waals surface area contributed by atoms with Crippen molar-refractivity contribution in [3.05, 3.63) is 48.0 Å². The van der Waals surface area contributed by atoms with E-state index in [0.717, 1.165) is 6.54 Å². The molecule has 2 aromatic carbocycles. The Morgan fingerprint density at radius 3 is 1.96 bits per heavy atom. The number of aromatic nitrogens is 1. The van der Waals surface area contributed by atoms with Crippen LogP contribution in [-0.4, -0.2) is 4.57 Å². The minimum absolute atomic E-state index is 0.231. The third kappa shape index (κ3) is 2.75. The summed E-state index contributed by atoms with van der Waals surface area (Å²) in [5.74, 6) is 0.512. The second-order valence-corrected chi connectivity index (χ2v) is 9.20. The van der Waals surface area contributed by atoms with Crippen molar-refractivity contribution in [2.45, 2.75) is 60.9 Å². The van der Waals surface area contributed by atoms with E-state index in [1.54, 1.807) is 0 Å². The average molecular weight is 322 g/mol. The van der Waals surface area contributed by atoms with Gasteiger partial charge in [-0.1, -0.05) is 65.8 Å². The Morgan fingerprint density at radius 1 is 0.792 bits per heavy atom. The Kier molecular flexibility index (Phi) is 4.02. The van der Waals surface area contributed by atoms with Crippen molar-refractivity contribution in [3.63, 3.8) is 0 Å². The van der Waals surface area contributed by atoms with Gasteiger partial charge in [-0.2, -0.15) is 0 Å². The molecule has 0 N–H and O–H groups in total. The van der Waals surface area contributed by atoms with Crippen molar-refractivity contribution in [1.29, 1.82) is 0 Å². The molecule has 0 aliphatic heterocycles. The van der Waals surface area contributed by atoms with Gasteiger partial charge in [0, 0.05) is 28.4 Å². The Labute approximate surface area is 146 Å². The van der Waals surface area contributed by atoms with Crippen LogP contribution in [0.25, 0.3) is 21.8 Å². The van der Waals surface area contributed by atoms with Crippen LogP contribution in [0.15, 0.2) is 42.5 Å². The van der Waals surface area contributed by atoms with Crippen LogP contribution < -0.4 is 0 Å². The zero-order chi connectivity index (χ0) is 17.7. The maximum atomic E-state index is 2.45. The van der Waals surface area contributed by atoms with Gasteiger partial charge in [0.1, 0.15) is 0 Å². The summed E-state index contributed by atoms with van der Waals surface area (Å²) in [6.07, 6.45) is 0. The Morgan fingerprint density at radius 2 is 1.38 bits per heavy atom. The molecule has 128 valence electrons. The number of hydrogen-bond donors (Lipinski definition) is 0. The summed E-state index contributed by atoms with van der Waals surface area (Å²) >= 11 is 0. The molecule has 3 aromatic rings. The molecule has 24 heavy (non-hydrogen) atoms. The third-order valence-corrected chi connectivity index (χ3v) is 5.18. The first-order chi connectivity index (χ1) is 11.1. The number of aryl methyl sites for hydroxylation is 1.